The van der Waals surface area contributed by atoms with Crippen molar-refractivity contribution in [3.63, 3.8) is 0 Å². The van der Waals surface area contributed by atoms with Gasteiger partial charge in [0.25, 0.3) is 0 Å². The molecule has 0 aliphatic carbocycles. The van der Waals surface area contributed by atoms with Crippen LogP contribution in [0.25, 0.3) is 10.9 Å². The van der Waals surface area contributed by atoms with Gasteiger partial charge in [0.1, 0.15) is 18.2 Å². The molecule has 2 saturated heterocycles. The number of halogens is 1. The van der Waals surface area contributed by atoms with Crippen LogP contribution in [0.5, 0.6) is 23.0 Å². The molecule has 5 rings (SSSR count). The van der Waals surface area contributed by atoms with Crippen LogP contribution in [0.1, 0.15) is 44.6 Å². The van der Waals surface area contributed by atoms with Gasteiger partial charge >= 0.3 is 0 Å². The smallest absolute Gasteiger partial charge is 0.225 e. The number of piperidine rings is 2. The lowest BCUT2D eigenvalue weighted by molar-refractivity contribution is 0.192. The molecular formula is C31H42FN5O5. The van der Waals surface area contributed by atoms with Crippen molar-refractivity contribution in [2.24, 2.45) is 0 Å². The van der Waals surface area contributed by atoms with Gasteiger partial charge in [0.15, 0.2) is 23.0 Å². The number of benzene rings is 2. The molecule has 0 bridgehead atoms. The lowest BCUT2D eigenvalue weighted by atomic mass is 10.0. The quantitative estimate of drug-likeness (QED) is 0.314. The van der Waals surface area contributed by atoms with Gasteiger partial charge in [-0.25, -0.2) is 9.37 Å². The Balaban J connectivity index is 1.29. The van der Waals surface area contributed by atoms with Crippen molar-refractivity contribution in [2.75, 3.05) is 70.4 Å². The van der Waals surface area contributed by atoms with E-state index in [1.165, 1.54) is 12.5 Å². The van der Waals surface area contributed by atoms with Gasteiger partial charge in [0, 0.05) is 61.8 Å². The molecule has 2 N–H and O–H groups in total. The van der Waals surface area contributed by atoms with Gasteiger partial charge in [-0.05, 0) is 51.2 Å². The van der Waals surface area contributed by atoms with E-state index in [0.717, 1.165) is 68.6 Å². The van der Waals surface area contributed by atoms with Crippen molar-refractivity contribution >= 4 is 22.7 Å². The minimum atomic E-state index is -0.339. The number of aliphatic hydroxyl groups excluding tert-OH is 1. The Morgan fingerprint density at radius 1 is 0.905 bits per heavy atom. The fourth-order valence-electron chi connectivity index (χ4n) is 5.74. The number of nitrogens with one attached hydrogen (secondary N) is 1. The van der Waals surface area contributed by atoms with E-state index in [9.17, 15) is 4.39 Å². The average molecular weight is 584 g/mol. The number of likely N-dealkylation sites (tertiary alicyclic amines) is 1. The Bertz CT molecular complexity index is 1350. The lowest BCUT2D eigenvalue weighted by Gasteiger charge is -2.33. The first-order valence-corrected chi connectivity index (χ1v) is 14.9. The van der Waals surface area contributed by atoms with E-state index >= 15 is 0 Å². The molecule has 1 aromatic heterocycles. The lowest BCUT2D eigenvalue weighted by Crippen LogP contribution is -2.39. The highest BCUT2D eigenvalue weighted by Gasteiger charge is 2.24. The second-order valence-corrected chi connectivity index (χ2v) is 10.7. The second kappa shape index (κ2) is 14.1. The summed E-state index contributed by atoms with van der Waals surface area (Å²) in [7, 11) is 3.27. The maximum absolute atomic E-state index is 15.0. The first-order valence-electron chi connectivity index (χ1n) is 14.9. The standard InChI is InChI=1S/C31H42FN5O5/c1-4-41-28-16-21(24(32)18-29(28)42-15-14-38)20-36-12-8-22(9-13-36)33-31-34-25-19-27(40-3)26(39-2)17-23(25)30(35-31)37-10-6-5-7-11-37/h16-19,22,38H,4-15,20H2,1-3H3,(H,33,34,35). The minimum absolute atomic E-state index is 0.0849. The summed E-state index contributed by atoms with van der Waals surface area (Å²) in [5, 5.41) is 13.6. The summed E-state index contributed by atoms with van der Waals surface area (Å²) in [6, 6.07) is 7.16. The van der Waals surface area contributed by atoms with Crippen LogP contribution in [-0.2, 0) is 6.54 Å². The Hall–Kier alpha value is -3.57. The summed E-state index contributed by atoms with van der Waals surface area (Å²) in [6.07, 6.45) is 5.28. The molecular weight excluding hydrogens is 541 g/mol. The number of methoxy groups -OCH3 is 2. The van der Waals surface area contributed by atoms with Crippen molar-refractivity contribution in [1.29, 1.82) is 0 Å². The largest absolute Gasteiger partial charge is 0.493 e. The van der Waals surface area contributed by atoms with Gasteiger partial charge in [-0.1, -0.05) is 0 Å². The third kappa shape index (κ3) is 6.90. The molecule has 2 aliphatic rings. The number of fused-ring (bicyclic) bond motifs is 1. The molecule has 0 saturated carbocycles. The normalized spacial score (nSPS) is 16.5. The van der Waals surface area contributed by atoms with Gasteiger partial charge in [0.05, 0.1) is 33.0 Å². The van der Waals surface area contributed by atoms with Gasteiger partial charge in [-0.2, -0.15) is 4.98 Å². The van der Waals surface area contributed by atoms with Crippen LogP contribution >= 0.6 is 0 Å². The van der Waals surface area contributed by atoms with Gasteiger partial charge < -0.3 is 34.3 Å². The zero-order chi connectivity index (χ0) is 29.5. The van der Waals surface area contributed by atoms with Crippen molar-refractivity contribution < 1.29 is 28.4 Å². The monoisotopic (exact) mass is 583 g/mol. The van der Waals surface area contributed by atoms with Crippen LogP contribution in [-0.4, -0.2) is 86.2 Å². The molecule has 0 spiro atoms. The predicted octanol–water partition coefficient (Wildman–Crippen LogP) is 4.62. The number of nitrogens with zero attached hydrogens (tertiary/aromatic N) is 4. The highest BCUT2D eigenvalue weighted by molar-refractivity contribution is 5.93. The van der Waals surface area contributed by atoms with Crippen molar-refractivity contribution in [1.82, 2.24) is 14.9 Å². The first-order chi connectivity index (χ1) is 20.5. The molecule has 3 heterocycles. The van der Waals surface area contributed by atoms with Crippen LogP contribution in [0.3, 0.4) is 0 Å². The van der Waals surface area contributed by atoms with Gasteiger partial charge in [0.2, 0.25) is 5.95 Å². The summed E-state index contributed by atoms with van der Waals surface area (Å²) < 4.78 is 37.2. The number of hydrogen-bond acceptors (Lipinski definition) is 10. The maximum Gasteiger partial charge on any atom is 0.225 e. The highest BCUT2D eigenvalue weighted by Crippen LogP contribution is 2.37. The maximum atomic E-state index is 15.0. The Labute approximate surface area is 246 Å². The summed E-state index contributed by atoms with van der Waals surface area (Å²) in [5.41, 5.74) is 1.38. The van der Waals surface area contributed by atoms with Crippen molar-refractivity contribution in [2.45, 2.75) is 51.6 Å². The molecule has 0 unspecified atom stereocenters. The first kappa shape index (κ1) is 29.9. The Morgan fingerprint density at radius 3 is 2.31 bits per heavy atom. The van der Waals surface area contributed by atoms with E-state index in [2.05, 4.69) is 15.1 Å². The summed E-state index contributed by atoms with van der Waals surface area (Å²) in [4.78, 5) is 14.5. The minimum Gasteiger partial charge on any atom is -0.493 e. The van der Waals surface area contributed by atoms with Crippen molar-refractivity contribution in [3.05, 3.63) is 35.6 Å². The fraction of sp³-hybridized carbons (Fsp3) is 0.548. The molecule has 0 amide bonds. The molecule has 2 fully saturated rings. The van der Waals surface area contributed by atoms with Crippen LogP contribution in [0.4, 0.5) is 16.2 Å². The third-order valence-corrected chi connectivity index (χ3v) is 7.91. The molecule has 0 radical (unpaired) electrons. The van der Waals surface area contributed by atoms with Gasteiger partial charge in [-0.15, -0.1) is 0 Å². The Morgan fingerprint density at radius 2 is 1.62 bits per heavy atom. The molecule has 2 aliphatic heterocycles. The van der Waals surface area contributed by atoms with E-state index in [0.29, 0.717) is 47.7 Å². The predicted molar refractivity (Wildman–Crippen MR) is 161 cm³/mol. The fourth-order valence-corrected chi connectivity index (χ4v) is 5.74. The van der Waals surface area contributed by atoms with E-state index in [-0.39, 0.29) is 25.1 Å². The molecule has 11 heteroatoms. The number of aromatic nitrogens is 2. The zero-order valence-corrected chi connectivity index (χ0v) is 24.8. The Kier molecular flexibility index (Phi) is 10.0. The number of hydrogen-bond donors (Lipinski definition) is 2. The SMILES string of the molecule is CCOc1cc(CN2CCC(Nc3nc(N4CCCCC4)c4cc(OC)c(OC)cc4n3)CC2)c(F)cc1OCCO. The van der Waals surface area contributed by atoms with E-state index in [4.69, 9.17) is 34.0 Å². The average Bonchev–Trinajstić information content (AvgIpc) is 3.02. The number of anilines is 2. The van der Waals surface area contributed by atoms with E-state index in [1.54, 1.807) is 20.3 Å². The van der Waals surface area contributed by atoms with E-state index < -0.39 is 0 Å². The van der Waals surface area contributed by atoms with Crippen LogP contribution in [0.15, 0.2) is 24.3 Å². The van der Waals surface area contributed by atoms with Crippen molar-refractivity contribution in [3.8, 4) is 23.0 Å². The summed E-state index contributed by atoms with van der Waals surface area (Å²) in [6.45, 7) is 6.27. The highest BCUT2D eigenvalue weighted by atomic mass is 19.1. The van der Waals surface area contributed by atoms with E-state index in [1.807, 2.05) is 19.1 Å². The van der Waals surface area contributed by atoms with Gasteiger partial charge in [-0.3, -0.25) is 4.90 Å². The topological polar surface area (TPSA) is 101 Å². The number of aliphatic hydroxyl groups is 1. The molecule has 10 nitrogen and oxygen atoms in total. The molecule has 3 aromatic rings. The third-order valence-electron chi connectivity index (χ3n) is 7.91. The van der Waals surface area contributed by atoms with Crippen LogP contribution in [0, 0.1) is 5.82 Å². The number of rotatable bonds is 12. The molecule has 228 valence electrons. The number of ether oxygens (including phenoxy) is 4. The second-order valence-electron chi connectivity index (χ2n) is 10.7. The molecule has 2 aromatic carbocycles. The summed E-state index contributed by atoms with van der Waals surface area (Å²) >= 11 is 0. The zero-order valence-electron chi connectivity index (χ0n) is 24.8. The van der Waals surface area contributed by atoms with Crippen LogP contribution in [0.2, 0.25) is 0 Å². The van der Waals surface area contributed by atoms with Crippen LogP contribution < -0.4 is 29.2 Å². The molecule has 0 atom stereocenters. The summed E-state index contributed by atoms with van der Waals surface area (Å²) in [5.74, 6) is 3.30. The molecule has 42 heavy (non-hydrogen) atoms.